The first-order valence-corrected chi connectivity index (χ1v) is 10.8. The van der Waals surface area contributed by atoms with Gasteiger partial charge in [0.2, 0.25) is 19.8 Å². The minimum atomic E-state index is -3.94. The summed E-state index contributed by atoms with van der Waals surface area (Å²) in [7, 11) is 17.8. The highest BCUT2D eigenvalue weighted by molar-refractivity contribution is 6.51. The van der Waals surface area contributed by atoms with Gasteiger partial charge in [-0.3, -0.25) is 24.5 Å². The van der Waals surface area contributed by atoms with Gasteiger partial charge < -0.3 is 9.71 Å². The summed E-state index contributed by atoms with van der Waals surface area (Å²) in [4.78, 5) is 50.7. The van der Waals surface area contributed by atoms with E-state index in [9.17, 15) is 28.0 Å². The van der Waals surface area contributed by atoms with E-state index in [2.05, 4.69) is 5.32 Å². The van der Waals surface area contributed by atoms with E-state index in [1.807, 2.05) is 0 Å². The van der Waals surface area contributed by atoms with Gasteiger partial charge in [0.1, 0.15) is 21.7 Å². The number of alkyl halides is 2. The summed E-state index contributed by atoms with van der Waals surface area (Å²) in [5, 5.41) is 2.42. The second-order valence-electron chi connectivity index (χ2n) is 8.31. The van der Waals surface area contributed by atoms with Crippen molar-refractivity contribution in [1.29, 1.82) is 0 Å². The summed E-state index contributed by atoms with van der Waals surface area (Å²) in [6, 6.07) is 5.06. The van der Waals surface area contributed by atoms with Crippen LogP contribution in [0.1, 0.15) is 39.9 Å². The maximum atomic E-state index is 14.7. The number of piperidine rings is 1. The SMILES string of the molecule is [B]c1c(CN([B])C(=O)C(F)(F)c2ccc(Cl)cc2)cc2c(c1[B])C(=O)N(C1CCC(=O)NC1=O)C2. The number of carbonyl (C=O) groups excluding carboxylic acids is 4. The average Bonchev–Trinajstić information content (AvgIpc) is 3.12. The summed E-state index contributed by atoms with van der Waals surface area (Å²) in [6.07, 6.45) is 0.225. The van der Waals surface area contributed by atoms with E-state index in [0.29, 0.717) is 10.4 Å². The van der Waals surface area contributed by atoms with Gasteiger partial charge in [-0.2, -0.15) is 8.78 Å². The molecule has 4 rings (SSSR count). The fraction of sp³-hybridized carbons (Fsp3) is 0.273. The molecule has 0 aliphatic carbocycles. The number of amides is 4. The Kier molecular flexibility index (Phi) is 6.53. The molecule has 0 spiro atoms. The van der Waals surface area contributed by atoms with Crippen LogP contribution in [-0.2, 0) is 33.4 Å². The first kappa shape index (κ1) is 25.0. The van der Waals surface area contributed by atoms with Crippen LogP contribution < -0.4 is 16.2 Å². The van der Waals surface area contributed by atoms with Gasteiger partial charge in [0.25, 0.3) is 11.8 Å². The van der Waals surface area contributed by atoms with Gasteiger partial charge in [0, 0.05) is 35.7 Å². The number of halogens is 3. The maximum absolute atomic E-state index is 14.7. The molecule has 1 unspecified atom stereocenters. The van der Waals surface area contributed by atoms with Crippen molar-refractivity contribution in [2.45, 2.75) is 37.9 Å². The lowest BCUT2D eigenvalue weighted by Gasteiger charge is -2.29. The number of nitrogens with one attached hydrogen (secondary N) is 1. The van der Waals surface area contributed by atoms with Crippen molar-refractivity contribution in [3.05, 3.63) is 57.6 Å². The van der Waals surface area contributed by atoms with Gasteiger partial charge in [-0.1, -0.05) is 40.7 Å². The molecule has 1 atom stereocenters. The largest absolute Gasteiger partial charge is 0.387 e. The number of rotatable bonds is 5. The van der Waals surface area contributed by atoms with Crippen LogP contribution in [0.3, 0.4) is 0 Å². The number of carbonyl (C=O) groups is 4. The monoisotopic (exact) mass is 491 g/mol. The van der Waals surface area contributed by atoms with E-state index >= 15 is 0 Å². The van der Waals surface area contributed by atoms with E-state index in [0.717, 1.165) is 12.1 Å². The molecule has 35 heavy (non-hydrogen) atoms. The van der Waals surface area contributed by atoms with Crippen LogP contribution in [0.5, 0.6) is 0 Å². The third-order valence-corrected chi connectivity index (χ3v) is 6.31. The van der Waals surface area contributed by atoms with Crippen LogP contribution in [0.2, 0.25) is 5.02 Å². The van der Waals surface area contributed by atoms with E-state index in [1.54, 1.807) is 0 Å². The molecule has 2 aromatic rings. The van der Waals surface area contributed by atoms with Crippen LogP contribution in [0.15, 0.2) is 30.3 Å². The highest BCUT2D eigenvalue weighted by Gasteiger charge is 2.43. The molecule has 2 aliphatic rings. The first-order valence-electron chi connectivity index (χ1n) is 10.5. The summed E-state index contributed by atoms with van der Waals surface area (Å²) >= 11 is 5.72. The van der Waals surface area contributed by atoms with Crippen LogP contribution >= 0.6 is 11.6 Å². The van der Waals surface area contributed by atoms with E-state index in [1.165, 1.54) is 23.1 Å². The zero-order chi connectivity index (χ0) is 25.7. The van der Waals surface area contributed by atoms with Crippen molar-refractivity contribution >= 4 is 69.8 Å². The van der Waals surface area contributed by atoms with Gasteiger partial charge in [0.05, 0.1) is 0 Å². The molecule has 6 radical (unpaired) electrons. The topological polar surface area (TPSA) is 86.8 Å². The average molecular weight is 491 g/mol. The smallest absolute Gasteiger partial charge is 0.348 e. The summed E-state index contributed by atoms with van der Waals surface area (Å²) in [5.74, 6) is -7.18. The van der Waals surface area contributed by atoms with Crippen LogP contribution in [0.4, 0.5) is 8.78 Å². The fourth-order valence-electron chi connectivity index (χ4n) is 4.20. The van der Waals surface area contributed by atoms with Crippen LogP contribution in [0, 0.1) is 0 Å². The lowest BCUT2D eigenvalue weighted by Crippen LogP contribution is -2.52. The summed E-state index contributed by atoms with van der Waals surface area (Å²) < 4.78 is 29.4. The molecule has 0 bridgehead atoms. The third-order valence-electron chi connectivity index (χ3n) is 6.05. The molecule has 1 saturated heterocycles. The highest BCUT2D eigenvalue weighted by atomic mass is 35.5. The van der Waals surface area contributed by atoms with Gasteiger partial charge in [-0.25, -0.2) is 0 Å². The molecule has 0 aromatic heterocycles. The molecular weight excluding hydrogens is 476 g/mol. The van der Waals surface area contributed by atoms with Crippen molar-refractivity contribution in [3.63, 3.8) is 0 Å². The molecule has 1 N–H and O–H groups in total. The molecule has 1 fully saturated rings. The Hall–Kier alpha value is -3.14. The first-order chi connectivity index (χ1) is 16.4. The number of imide groups is 1. The number of benzene rings is 2. The number of nitrogens with zero attached hydrogens (tertiary/aromatic N) is 2. The van der Waals surface area contributed by atoms with Crippen molar-refractivity contribution < 1.29 is 28.0 Å². The molecular formula is C22H15B3ClF2N3O4. The lowest BCUT2D eigenvalue weighted by molar-refractivity contribution is -0.154. The Morgan fingerprint density at radius 2 is 1.83 bits per heavy atom. The molecule has 0 saturated carbocycles. The van der Waals surface area contributed by atoms with Gasteiger partial charge in [0.15, 0.2) is 0 Å². The number of hydrogen-bond acceptors (Lipinski definition) is 4. The maximum Gasteiger partial charge on any atom is 0.348 e. The minimum absolute atomic E-state index is 0.0165. The van der Waals surface area contributed by atoms with Crippen LogP contribution in [-0.4, -0.2) is 63.1 Å². The van der Waals surface area contributed by atoms with Crippen molar-refractivity contribution in [1.82, 2.24) is 15.0 Å². The Bertz CT molecular complexity index is 1260. The predicted octanol–water partition coefficient (Wildman–Crippen LogP) is -0.107. The van der Waals surface area contributed by atoms with E-state index in [4.69, 9.17) is 35.3 Å². The Labute approximate surface area is 208 Å². The predicted molar refractivity (Wildman–Crippen MR) is 125 cm³/mol. The molecule has 13 heteroatoms. The quantitative estimate of drug-likeness (QED) is 0.468. The molecule has 4 amide bonds. The number of hydrogen-bond donors (Lipinski definition) is 1. The zero-order valence-corrected chi connectivity index (χ0v) is 18.9. The molecule has 2 aliphatic heterocycles. The molecule has 7 nitrogen and oxygen atoms in total. The van der Waals surface area contributed by atoms with Crippen molar-refractivity contribution in [3.8, 4) is 0 Å². The number of fused-ring (bicyclic) bond motifs is 1. The highest BCUT2D eigenvalue weighted by Crippen LogP contribution is 2.32. The van der Waals surface area contributed by atoms with Crippen LogP contribution in [0.25, 0.3) is 0 Å². The fourth-order valence-corrected chi connectivity index (χ4v) is 4.32. The molecule has 2 heterocycles. The van der Waals surface area contributed by atoms with Gasteiger partial charge in [-0.05, 0) is 29.7 Å². The standard InChI is InChI=1S/C22H15B3ClF2N3O4/c23-17-11(9-31(25)21(35)22(27,28)12-1-3-13(26)4-2-12)7-10-8-30(20(34)16(10)18(17)24)14-5-6-15(32)29-19(14)33/h1-4,7,14H,5-6,8-9H2,(H,29,32,33). The lowest BCUT2D eigenvalue weighted by atomic mass is 9.73. The van der Waals surface area contributed by atoms with Gasteiger partial charge in [-0.15, -0.1) is 0 Å². The second-order valence-corrected chi connectivity index (χ2v) is 8.75. The zero-order valence-electron chi connectivity index (χ0n) is 18.2. The minimum Gasteiger partial charge on any atom is -0.387 e. The Balaban J connectivity index is 1.57. The van der Waals surface area contributed by atoms with E-state index < -0.39 is 47.7 Å². The van der Waals surface area contributed by atoms with Crippen molar-refractivity contribution in [2.24, 2.45) is 0 Å². The van der Waals surface area contributed by atoms with E-state index in [-0.39, 0.29) is 46.5 Å². The van der Waals surface area contributed by atoms with Crippen molar-refractivity contribution in [2.75, 3.05) is 0 Å². The summed E-state index contributed by atoms with van der Waals surface area (Å²) in [5.41, 5.74) is -0.164. The summed E-state index contributed by atoms with van der Waals surface area (Å²) in [6.45, 7) is -0.532. The second kappa shape index (κ2) is 9.15. The normalized spacial score (nSPS) is 17.9. The molecule has 172 valence electrons. The molecule has 2 aromatic carbocycles. The van der Waals surface area contributed by atoms with Gasteiger partial charge >= 0.3 is 5.92 Å². The third kappa shape index (κ3) is 4.47. The Morgan fingerprint density at radius 1 is 1.17 bits per heavy atom. The Morgan fingerprint density at radius 3 is 2.46 bits per heavy atom.